The van der Waals surface area contributed by atoms with Gasteiger partial charge in [0.1, 0.15) is 5.75 Å². The largest absolute Gasteiger partial charge is 0.495 e. The zero-order valence-electron chi connectivity index (χ0n) is 11.1. The maximum Gasteiger partial charge on any atom is 0.142 e. The first kappa shape index (κ1) is 13.2. The van der Waals surface area contributed by atoms with Gasteiger partial charge in [0.2, 0.25) is 0 Å². The lowest BCUT2D eigenvalue weighted by molar-refractivity contribution is 0.258. The second-order valence-electron chi connectivity index (χ2n) is 4.80. The zero-order valence-corrected chi connectivity index (χ0v) is 11.1. The number of aliphatic hydroxyl groups is 1. The molecular weight excluding hydrogens is 228 g/mol. The molecule has 0 aliphatic carbocycles. The first-order valence-corrected chi connectivity index (χ1v) is 6.50. The van der Waals surface area contributed by atoms with Crippen molar-refractivity contribution in [2.24, 2.45) is 0 Å². The molecule has 0 bridgehead atoms. The Kier molecular flexibility index (Phi) is 4.44. The smallest absolute Gasteiger partial charge is 0.142 e. The Labute approximate surface area is 109 Å². The number of ether oxygens (including phenoxy) is 1. The molecular formula is C14H22N2O2. The highest BCUT2D eigenvalue weighted by Gasteiger charge is 2.24. The van der Waals surface area contributed by atoms with Gasteiger partial charge in [-0.3, -0.25) is 0 Å². The van der Waals surface area contributed by atoms with E-state index < -0.39 is 0 Å². The molecule has 2 atom stereocenters. The predicted octanol–water partition coefficient (Wildman–Crippen LogP) is 1.24. The monoisotopic (exact) mass is 250 g/mol. The van der Waals surface area contributed by atoms with E-state index in [-0.39, 0.29) is 12.6 Å². The number of aliphatic hydroxyl groups excluding tert-OH is 1. The Balaban J connectivity index is 2.27. The minimum Gasteiger partial charge on any atom is -0.495 e. The van der Waals surface area contributed by atoms with Gasteiger partial charge in [-0.25, -0.2) is 0 Å². The molecule has 4 heteroatoms. The summed E-state index contributed by atoms with van der Waals surface area (Å²) in [5, 5.41) is 13.0. The van der Waals surface area contributed by atoms with Gasteiger partial charge in [-0.1, -0.05) is 12.1 Å². The summed E-state index contributed by atoms with van der Waals surface area (Å²) in [5.41, 5.74) is 1.06. The molecule has 2 N–H and O–H groups in total. The number of anilines is 1. The molecule has 1 aromatic carbocycles. The van der Waals surface area contributed by atoms with E-state index in [1.165, 1.54) is 0 Å². The third kappa shape index (κ3) is 2.76. The lowest BCUT2D eigenvalue weighted by atomic mass is 10.2. The summed E-state index contributed by atoms with van der Waals surface area (Å²) >= 11 is 0. The SMILES string of the molecule is COc1ccccc1N1CCC(C)NCC1CO. The van der Waals surface area contributed by atoms with Crippen LogP contribution >= 0.6 is 0 Å². The molecule has 1 aromatic rings. The van der Waals surface area contributed by atoms with E-state index in [1.54, 1.807) is 7.11 Å². The van der Waals surface area contributed by atoms with E-state index in [4.69, 9.17) is 4.74 Å². The molecule has 100 valence electrons. The maximum atomic E-state index is 9.58. The van der Waals surface area contributed by atoms with E-state index >= 15 is 0 Å². The molecule has 2 rings (SSSR count). The van der Waals surface area contributed by atoms with Gasteiger partial charge in [-0.2, -0.15) is 0 Å². The number of rotatable bonds is 3. The van der Waals surface area contributed by atoms with Crippen molar-refractivity contribution < 1.29 is 9.84 Å². The predicted molar refractivity (Wildman–Crippen MR) is 73.3 cm³/mol. The van der Waals surface area contributed by atoms with Gasteiger partial charge < -0.3 is 20.1 Å². The summed E-state index contributed by atoms with van der Waals surface area (Å²) in [5.74, 6) is 0.866. The van der Waals surface area contributed by atoms with Gasteiger partial charge in [0.15, 0.2) is 0 Å². The van der Waals surface area contributed by atoms with Crippen LogP contribution in [0.4, 0.5) is 5.69 Å². The van der Waals surface area contributed by atoms with Crippen LogP contribution in [0.3, 0.4) is 0 Å². The van der Waals surface area contributed by atoms with Crippen LogP contribution in [-0.2, 0) is 0 Å². The molecule has 1 aliphatic rings. The van der Waals surface area contributed by atoms with Crippen LogP contribution in [0.1, 0.15) is 13.3 Å². The number of benzene rings is 1. The number of methoxy groups -OCH3 is 1. The van der Waals surface area contributed by atoms with Gasteiger partial charge in [0, 0.05) is 19.1 Å². The zero-order chi connectivity index (χ0) is 13.0. The van der Waals surface area contributed by atoms with Crippen molar-refractivity contribution in [1.82, 2.24) is 5.32 Å². The number of para-hydroxylation sites is 2. The highest BCUT2D eigenvalue weighted by molar-refractivity contribution is 5.59. The van der Waals surface area contributed by atoms with E-state index in [0.717, 1.165) is 30.9 Å². The Morgan fingerprint density at radius 1 is 1.44 bits per heavy atom. The first-order valence-electron chi connectivity index (χ1n) is 6.50. The Bertz CT molecular complexity index is 384. The van der Waals surface area contributed by atoms with Crippen LogP contribution in [0, 0.1) is 0 Å². The van der Waals surface area contributed by atoms with Crippen LogP contribution in [-0.4, -0.2) is 44.0 Å². The maximum absolute atomic E-state index is 9.58. The minimum atomic E-state index is 0.103. The van der Waals surface area contributed by atoms with Crippen molar-refractivity contribution in [2.45, 2.75) is 25.4 Å². The molecule has 0 amide bonds. The quantitative estimate of drug-likeness (QED) is 0.847. The second kappa shape index (κ2) is 6.07. The Hall–Kier alpha value is -1.26. The molecule has 0 radical (unpaired) electrons. The minimum absolute atomic E-state index is 0.103. The Morgan fingerprint density at radius 3 is 2.94 bits per heavy atom. The molecule has 1 aliphatic heterocycles. The van der Waals surface area contributed by atoms with E-state index in [1.807, 2.05) is 18.2 Å². The van der Waals surface area contributed by atoms with Crippen molar-refractivity contribution in [3.63, 3.8) is 0 Å². The van der Waals surface area contributed by atoms with Gasteiger partial charge in [-0.05, 0) is 25.5 Å². The average Bonchev–Trinajstić information content (AvgIpc) is 2.60. The molecule has 1 heterocycles. The van der Waals surface area contributed by atoms with Crippen LogP contribution in [0.15, 0.2) is 24.3 Å². The lowest BCUT2D eigenvalue weighted by Gasteiger charge is -2.31. The van der Waals surface area contributed by atoms with E-state index in [0.29, 0.717) is 6.04 Å². The third-order valence-electron chi connectivity index (χ3n) is 3.55. The third-order valence-corrected chi connectivity index (χ3v) is 3.55. The van der Waals surface area contributed by atoms with Crippen molar-refractivity contribution in [3.05, 3.63) is 24.3 Å². The normalized spacial score (nSPS) is 24.7. The van der Waals surface area contributed by atoms with Gasteiger partial charge in [-0.15, -0.1) is 0 Å². The summed E-state index contributed by atoms with van der Waals surface area (Å²) in [4.78, 5) is 2.25. The molecule has 1 fully saturated rings. The summed E-state index contributed by atoms with van der Waals surface area (Å²) in [6.07, 6.45) is 1.06. The fourth-order valence-electron chi connectivity index (χ4n) is 2.41. The molecule has 1 saturated heterocycles. The van der Waals surface area contributed by atoms with Gasteiger partial charge in [0.25, 0.3) is 0 Å². The van der Waals surface area contributed by atoms with Crippen molar-refractivity contribution in [1.29, 1.82) is 0 Å². The van der Waals surface area contributed by atoms with Gasteiger partial charge >= 0.3 is 0 Å². The van der Waals surface area contributed by atoms with Crippen molar-refractivity contribution in [3.8, 4) is 5.75 Å². The molecule has 0 aromatic heterocycles. The number of nitrogens with one attached hydrogen (secondary N) is 1. The number of hydrogen-bond acceptors (Lipinski definition) is 4. The number of nitrogens with zero attached hydrogens (tertiary/aromatic N) is 1. The topological polar surface area (TPSA) is 44.7 Å². The van der Waals surface area contributed by atoms with Crippen molar-refractivity contribution >= 4 is 5.69 Å². The van der Waals surface area contributed by atoms with Crippen LogP contribution in [0.5, 0.6) is 5.75 Å². The summed E-state index contributed by atoms with van der Waals surface area (Å²) < 4.78 is 5.42. The van der Waals surface area contributed by atoms with Crippen LogP contribution in [0.2, 0.25) is 0 Å². The standard InChI is InChI=1S/C14H22N2O2/c1-11-7-8-16(12(10-17)9-15-11)13-5-3-4-6-14(13)18-2/h3-6,11-12,15,17H,7-10H2,1-2H3. The Morgan fingerprint density at radius 2 is 2.22 bits per heavy atom. The highest BCUT2D eigenvalue weighted by Crippen LogP contribution is 2.30. The highest BCUT2D eigenvalue weighted by atomic mass is 16.5. The van der Waals surface area contributed by atoms with E-state index in [2.05, 4.69) is 23.2 Å². The molecule has 0 saturated carbocycles. The fourth-order valence-corrected chi connectivity index (χ4v) is 2.41. The van der Waals surface area contributed by atoms with Crippen LogP contribution < -0.4 is 15.0 Å². The van der Waals surface area contributed by atoms with E-state index in [9.17, 15) is 5.11 Å². The molecule has 2 unspecified atom stereocenters. The van der Waals surface area contributed by atoms with Crippen molar-refractivity contribution in [2.75, 3.05) is 31.7 Å². The summed E-state index contributed by atoms with van der Waals surface area (Å²) in [6, 6.07) is 8.58. The molecule has 0 spiro atoms. The lowest BCUT2D eigenvalue weighted by Crippen LogP contribution is -2.43. The summed E-state index contributed by atoms with van der Waals surface area (Å²) in [6.45, 7) is 4.06. The summed E-state index contributed by atoms with van der Waals surface area (Å²) in [7, 11) is 1.69. The average molecular weight is 250 g/mol. The number of hydrogen-bond donors (Lipinski definition) is 2. The van der Waals surface area contributed by atoms with Crippen LogP contribution in [0.25, 0.3) is 0 Å². The molecule has 4 nitrogen and oxygen atoms in total. The first-order chi connectivity index (χ1) is 8.76. The second-order valence-corrected chi connectivity index (χ2v) is 4.80. The fraction of sp³-hybridized carbons (Fsp3) is 0.571. The molecule has 18 heavy (non-hydrogen) atoms. The van der Waals surface area contributed by atoms with Gasteiger partial charge in [0.05, 0.1) is 25.4 Å².